The summed E-state index contributed by atoms with van der Waals surface area (Å²) in [5, 5.41) is 0. The molecule has 1 fully saturated rings. The topological polar surface area (TPSA) is 49.9 Å². The standard InChI is InChI=1S/C21H24N2O3/c1-26-20(25)16-19(24)22-12-14-23(15-13-22)21(17-8-4-2-5-9-17)18-10-6-3-7-11-18/h2-11,21H,12-16H2,1H3. The molecule has 136 valence electrons. The molecule has 0 unspecified atom stereocenters. The predicted molar refractivity (Wildman–Crippen MR) is 99.5 cm³/mol. The van der Waals surface area contributed by atoms with Crippen LogP contribution in [0.5, 0.6) is 0 Å². The van der Waals surface area contributed by atoms with Gasteiger partial charge in [0.15, 0.2) is 0 Å². The quantitative estimate of drug-likeness (QED) is 0.613. The Morgan fingerprint density at radius 3 is 1.85 bits per heavy atom. The van der Waals surface area contributed by atoms with Crippen molar-refractivity contribution >= 4 is 11.9 Å². The van der Waals surface area contributed by atoms with Gasteiger partial charge >= 0.3 is 5.97 Å². The molecule has 2 aromatic rings. The minimum Gasteiger partial charge on any atom is -0.469 e. The van der Waals surface area contributed by atoms with Gasteiger partial charge in [0.1, 0.15) is 6.42 Å². The maximum Gasteiger partial charge on any atom is 0.315 e. The number of carbonyl (C=O) groups excluding carboxylic acids is 2. The molecule has 0 N–H and O–H groups in total. The molecule has 3 rings (SSSR count). The molecule has 0 aromatic heterocycles. The fourth-order valence-corrected chi connectivity index (χ4v) is 3.42. The summed E-state index contributed by atoms with van der Waals surface area (Å²) in [4.78, 5) is 27.7. The smallest absolute Gasteiger partial charge is 0.315 e. The number of benzene rings is 2. The van der Waals surface area contributed by atoms with Crippen molar-refractivity contribution in [2.45, 2.75) is 12.5 Å². The molecule has 0 radical (unpaired) electrons. The lowest BCUT2D eigenvalue weighted by molar-refractivity contribution is -0.147. The summed E-state index contributed by atoms with van der Waals surface area (Å²) in [5.74, 6) is -0.642. The van der Waals surface area contributed by atoms with E-state index in [9.17, 15) is 9.59 Å². The molecule has 1 aliphatic heterocycles. The van der Waals surface area contributed by atoms with Crippen LogP contribution < -0.4 is 0 Å². The largest absolute Gasteiger partial charge is 0.469 e. The maximum atomic E-state index is 12.2. The molecule has 0 spiro atoms. The van der Waals surface area contributed by atoms with Crippen LogP contribution in [0, 0.1) is 0 Å². The highest BCUT2D eigenvalue weighted by Gasteiger charge is 2.28. The van der Waals surface area contributed by atoms with Crippen LogP contribution in [0.4, 0.5) is 0 Å². The van der Waals surface area contributed by atoms with Gasteiger partial charge in [-0.3, -0.25) is 14.5 Å². The van der Waals surface area contributed by atoms with Gasteiger partial charge < -0.3 is 9.64 Å². The van der Waals surface area contributed by atoms with Crippen molar-refractivity contribution in [3.8, 4) is 0 Å². The van der Waals surface area contributed by atoms with E-state index in [1.165, 1.54) is 18.2 Å². The van der Waals surface area contributed by atoms with Crippen molar-refractivity contribution in [2.24, 2.45) is 0 Å². The highest BCUT2D eigenvalue weighted by Crippen LogP contribution is 2.29. The van der Waals surface area contributed by atoms with Gasteiger partial charge in [0.2, 0.25) is 5.91 Å². The number of carbonyl (C=O) groups is 2. The van der Waals surface area contributed by atoms with Crippen LogP contribution in [0.2, 0.25) is 0 Å². The van der Waals surface area contributed by atoms with E-state index in [-0.39, 0.29) is 18.4 Å². The molecule has 0 aliphatic carbocycles. The van der Waals surface area contributed by atoms with Gasteiger partial charge in [-0.15, -0.1) is 0 Å². The number of nitrogens with zero attached hydrogens (tertiary/aromatic N) is 2. The lowest BCUT2D eigenvalue weighted by atomic mass is 9.96. The molecule has 0 saturated carbocycles. The number of piperazine rings is 1. The Morgan fingerprint density at radius 1 is 0.885 bits per heavy atom. The second kappa shape index (κ2) is 8.63. The third-order valence-electron chi connectivity index (χ3n) is 4.79. The van der Waals surface area contributed by atoms with Gasteiger partial charge in [0.05, 0.1) is 13.2 Å². The van der Waals surface area contributed by atoms with E-state index in [1.54, 1.807) is 4.90 Å². The SMILES string of the molecule is COC(=O)CC(=O)N1CCN(C(c2ccccc2)c2ccccc2)CC1. The summed E-state index contributed by atoms with van der Waals surface area (Å²) in [6, 6.07) is 21.0. The normalized spacial score (nSPS) is 15.1. The zero-order valence-electron chi connectivity index (χ0n) is 15.0. The molecule has 26 heavy (non-hydrogen) atoms. The number of amides is 1. The van der Waals surface area contributed by atoms with E-state index in [0.717, 1.165) is 13.1 Å². The van der Waals surface area contributed by atoms with E-state index in [0.29, 0.717) is 13.1 Å². The molecular formula is C21H24N2O3. The van der Waals surface area contributed by atoms with Crippen molar-refractivity contribution in [3.05, 3.63) is 71.8 Å². The molecular weight excluding hydrogens is 328 g/mol. The highest BCUT2D eigenvalue weighted by molar-refractivity contribution is 5.94. The Morgan fingerprint density at radius 2 is 1.38 bits per heavy atom. The van der Waals surface area contributed by atoms with Crippen molar-refractivity contribution < 1.29 is 14.3 Å². The number of esters is 1. The van der Waals surface area contributed by atoms with Crippen LogP contribution in [0.1, 0.15) is 23.6 Å². The number of ether oxygens (including phenoxy) is 1. The monoisotopic (exact) mass is 352 g/mol. The molecule has 0 bridgehead atoms. The van der Waals surface area contributed by atoms with E-state index in [1.807, 2.05) is 12.1 Å². The molecule has 5 nitrogen and oxygen atoms in total. The number of hydrogen-bond acceptors (Lipinski definition) is 4. The number of methoxy groups -OCH3 is 1. The number of rotatable bonds is 5. The van der Waals surface area contributed by atoms with Crippen LogP contribution in [0.3, 0.4) is 0 Å². The summed E-state index contributed by atoms with van der Waals surface area (Å²) in [5.41, 5.74) is 2.49. The van der Waals surface area contributed by atoms with Gasteiger partial charge in [-0.2, -0.15) is 0 Å². The Balaban J connectivity index is 1.72. The van der Waals surface area contributed by atoms with Crippen LogP contribution in [0.25, 0.3) is 0 Å². The first-order valence-electron chi connectivity index (χ1n) is 8.87. The number of hydrogen-bond donors (Lipinski definition) is 0. The summed E-state index contributed by atoms with van der Waals surface area (Å²) >= 11 is 0. The van der Waals surface area contributed by atoms with Gasteiger partial charge in [0, 0.05) is 26.2 Å². The Bertz CT molecular complexity index is 686. The predicted octanol–water partition coefficient (Wildman–Crippen LogP) is 2.48. The molecule has 0 atom stereocenters. The average molecular weight is 352 g/mol. The molecule has 1 aliphatic rings. The molecule has 1 saturated heterocycles. The fourth-order valence-electron chi connectivity index (χ4n) is 3.42. The zero-order chi connectivity index (χ0) is 18.4. The third kappa shape index (κ3) is 4.29. The Hall–Kier alpha value is -2.66. The second-order valence-electron chi connectivity index (χ2n) is 6.39. The van der Waals surface area contributed by atoms with Gasteiger partial charge in [0.25, 0.3) is 0 Å². The fraction of sp³-hybridized carbons (Fsp3) is 0.333. The maximum absolute atomic E-state index is 12.2. The Labute approximate surface area is 154 Å². The van der Waals surface area contributed by atoms with Crippen molar-refractivity contribution in [3.63, 3.8) is 0 Å². The van der Waals surface area contributed by atoms with Crippen molar-refractivity contribution in [1.82, 2.24) is 9.80 Å². The first-order chi connectivity index (χ1) is 12.7. The van der Waals surface area contributed by atoms with Gasteiger partial charge in [-0.05, 0) is 11.1 Å². The van der Waals surface area contributed by atoms with Crippen LogP contribution in [0.15, 0.2) is 60.7 Å². The second-order valence-corrected chi connectivity index (χ2v) is 6.39. The summed E-state index contributed by atoms with van der Waals surface area (Å²) in [6.45, 7) is 2.76. The summed E-state index contributed by atoms with van der Waals surface area (Å²) in [6.07, 6.45) is -0.183. The average Bonchev–Trinajstić information content (AvgIpc) is 2.70. The van der Waals surface area contributed by atoms with Crippen molar-refractivity contribution in [2.75, 3.05) is 33.3 Å². The first-order valence-corrected chi connectivity index (χ1v) is 8.87. The minimum atomic E-state index is -0.483. The van der Waals surface area contributed by atoms with Crippen LogP contribution in [-0.2, 0) is 14.3 Å². The van der Waals surface area contributed by atoms with E-state index >= 15 is 0 Å². The lowest BCUT2D eigenvalue weighted by Gasteiger charge is -2.39. The lowest BCUT2D eigenvalue weighted by Crippen LogP contribution is -2.50. The summed E-state index contributed by atoms with van der Waals surface area (Å²) in [7, 11) is 1.30. The third-order valence-corrected chi connectivity index (χ3v) is 4.79. The minimum absolute atomic E-state index is 0.160. The van der Waals surface area contributed by atoms with E-state index in [2.05, 4.69) is 58.2 Å². The first kappa shape index (κ1) is 18.1. The van der Waals surface area contributed by atoms with Crippen LogP contribution >= 0.6 is 0 Å². The molecule has 1 heterocycles. The van der Waals surface area contributed by atoms with Gasteiger partial charge in [-0.25, -0.2) is 0 Å². The highest BCUT2D eigenvalue weighted by atomic mass is 16.5. The molecule has 2 aromatic carbocycles. The van der Waals surface area contributed by atoms with E-state index in [4.69, 9.17) is 0 Å². The Kier molecular flexibility index (Phi) is 6.02. The molecule has 5 heteroatoms. The summed E-state index contributed by atoms with van der Waals surface area (Å²) < 4.78 is 4.59. The van der Waals surface area contributed by atoms with E-state index < -0.39 is 5.97 Å². The van der Waals surface area contributed by atoms with Gasteiger partial charge in [-0.1, -0.05) is 60.7 Å². The van der Waals surface area contributed by atoms with Crippen LogP contribution in [-0.4, -0.2) is 55.0 Å². The molecule has 1 amide bonds. The van der Waals surface area contributed by atoms with Crippen molar-refractivity contribution in [1.29, 1.82) is 0 Å². The zero-order valence-corrected chi connectivity index (χ0v) is 15.0.